The van der Waals surface area contributed by atoms with E-state index in [0.29, 0.717) is 29.6 Å². The Kier molecular flexibility index (Phi) is 4.09. The van der Waals surface area contributed by atoms with E-state index in [9.17, 15) is 4.79 Å². The Morgan fingerprint density at radius 1 is 1.56 bits per heavy atom. The van der Waals surface area contributed by atoms with Crippen LogP contribution < -0.4 is 11.1 Å². The number of amides is 1. The molecule has 1 aromatic carbocycles. The molecule has 2 unspecified atom stereocenters. The van der Waals surface area contributed by atoms with Crippen LogP contribution in [0.3, 0.4) is 0 Å². The van der Waals surface area contributed by atoms with Gasteiger partial charge in [-0.15, -0.1) is 0 Å². The van der Waals surface area contributed by atoms with Crippen molar-refractivity contribution in [3.63, 3.8) is 0 Å². The van der Waals surface area contributed by atoms with Gasteiger partial charge in [0.05, 0.1) is 16.4 Å². The van der Waals surface area contributed by atoms with Crippen molar-refractivity contribution in [2.24, 2.45) is 11.8 Å². The fraction of sp³-hybridized carbons (Fsp3) is 0.462. The molecule has 1 aliphatic heterocycles. The number of hydrogen-bond donors (Lipinski definition) is 2. The summed E-state index contributed by atoms with van der Waals surface area (Å²) in [6.45, 7) is 3.28. The van der Waals surface area contributed by atoms with Gasteiger partial charge in [-0.1, -0.05) is 24.6 Å². The molecule has 1 saturated heterocycles. The lowest BCUT2D eigenvalue weighted by molar-refractivity contribution is -0.125. The molecule has 1 amide bonds. The van der Waals surface area contributed by atoms with Crippen LogP contribution in [0.1, 0.15) is 13.3 Å². The van der Waals surface area contributed by atoms with Crippen molar-refractivity contribution in [3.8, 4) is 0 Å². The maximum absolute atomic E-state index is 12.2. The predicted molar refractivity (Wildman–Crippen MR) is 72.6 cm³/mol. The smallest absolute Gasteiger partial charge is 0.227 e. The third-order valence-electron chi connectivity index (χ3n) is 3.26. The van der Waals surface area contributed by atoms with Gasteiger partial charge >= 0.3 is 0 Å². The number of anilines is 2. The van der Waals surface area contributed by atoms with Crippen LogP contribution in [0.2, 0.25) is 5.02 Å². The Morgan fingerprint density at radius 2 is 2.33 bits per heavy atom. The Balaban J connectivity index is 2.09. The highest BCUT2D eigenvalue weighted by Gasteiger charge is 2.28. The molecule has 1 aliphatic rings. The van der Waals surface area contributed by atoms with E-state index in [1.807, 2.05) is 6.92 Å². The monoisotopic (exact) mass is 268 g/mol. The molecule has 1 aromatic rings. The molecule has 18 heavy (non-hydrogen) atoms. The quantitative estimate of drug-likeness (QED) is 0.810. The minimum absolute atomic E-state index is 0.0155. The van der Waals surface area contributed by atoms with Gasteiger partial charge in [-0.25, -0.2) is 0 Å². The summed E-state index contributed by atoms with van der Waals surface area (Å²) in [4.78, 5) is 12.2. The van der Waals surface area contributed by atoms with Crippen LogP contribution in [0.25, 0.3) is 0 Å². The van der Waals surface area contributed by atoms with Crippen LogP contribution in [0.4, 0.5) is 11.4 Å². The van der Waals surface area contributed by atoms with Gasteiger partial charge in [0.15, 0.2) is 0 Å². The van der Waals surface area contributed by atoms with Gasteiger partial charge in [0, 0.05) is 19.1 Å². The average molecular weight is 269 g/mol. The second kappa shape index (κ2) is 5.59. The number of benzene rings is 1. The third-order valence-corrected chi connectivity index (χ3v) is 3.69. The number of halogens is 1. The zero-order chi connectivity index (χ0) is 13.1. The van der Waals surface area contributed by atoms with Crippen molar-refractivity contribution in [1.29, 1.82) is 0 Å². The first kappa shape index (κ1) is 13.2. The zero-order valence-corrected chi connectivity index (χ0v) is 11.0. The van der Waals surface area contributed by atoms with Gasteiger partial charge in [0.25, 0.3) is 0 Å². The first-order valence-corrected chi connectivity index (χ1v) is 6.40. The highest BCUT2D eigenvalue weighted by molar-refractivity contribution is 6.36. The molecule has 0 radical (unpaired) electrons. The van der Waals surface area contributed by atoms with E-state index in [4.69, 9.17) is 22.1 Å². The number of carbonyl (C=O) groups excluding carboxylic acids is 1. The minimum Gasteiger partial charge on any atom is -0.397 e. The topological polar surface area (TPSA) is 64.3 Å². The van der Waals surface area contributed by atoms with Crippen molar-refractivity contribution in [2.45, 2.75) is 13.3 Å². The van der Waals surface area contributed by atoms with E-state index >= 15 is 0 Å². The van der Waals surface area contributed by atoms with Gasteiger partial charge in [-0.2, -0.15) is 0 Å². The Labute approximate surface area is 111 Å². The molecule has 4 nitrogen and oxygen atoms in total. The minimum atomic E-state index is -0.0313. The number of ether oxygens (including phenoxy) is 1. The average Bonchev–Trinajstić information content (AvgIpc) is 2.35. The molecule has 0 bridgehead atoms. The van der Waals surface area contributed by atoms with Crippen molar-refractivity contribution in [2.75, 3.05) is 24.3 Å². The summed E-state index contributed by atoms with van der Waals surface area (Å²) in [5.74, 6) is 0.174. The Hall–Kier alpha value is -1.26. The molecule has 0 aliphatic carbocycles. The normalized spacial score (nSPS) is 23.7. The molecule has 2 atom stereocenters. The van der Waals surface area contributed by atoms with Gasteiger partial charge < -0.3 is 15.8 Å². The number of carbonyl (C=O) groups is 1. The fourth-order valence-electron chi connectivity index (χ4n) is 2.14. The predicted octanol–water partition coefficient (Wildman–Crippen LogP) is 2.53. The molecule has 1 fully saturated rings. The van der Waals surface area contributed by atoms with Gasteiger partial charge in [0.1, 0.15) is 0 Å². The van der Waals surface area contributed by atoms with Crippen LogP contribution >= 0.6 is 11.6 Å². The van der Waals surface area contributed by atoms with Gasteiger partial charge in [0.2, 0.25) is 5.91 Å². The van der Waals surface area contributed by atoms with Crippen LogP contribution in [-0.2, 0) is 9.53 Å². The summed E-state index contributed by atoms with van der Waals surface area (Å²) in [5.41, 5.74) is 6.74. The Bertz CT molecular complexity index is 451. The standard InChI is InChI=1S/C13H17ClN2O2/c1-8-7-18-6-5-9(8)13(17)16-11-4-2-3-10(15)12(11)14/h2-4,8-9H,5-7,15H2,1H3,(H,16,17). The molecule has 0 aromatic heterocycles. The van der Waals surface area contributed by atoms with E-state index in [-0.39, 0.29) is 17.7 Å². The third kappa shape index (κ3) is 2.76. The molecule has 98 valence electrons. The number of nitrogens with one attached hydrogen (secondary N) is 1. The molecular formula is C13H17ClN2O2. The molecule has 1 heterocycles. The largest absolute Gasteiger partial charge is 0.397 e. The van der Waals surface area contributed by atoms with Crippen molar-refractivity contribution >= 4 is 28.9 Å². The summed E-state index contributed by atoms with van der Waals surface area (Å²) >= 11 is 6.05. The van der Waals surface area contributed by atoms with Crippen LogP contribution in [0.5, 0.6) is 0 Å². The lowest BCUT2D eigenvalue weighted by Crippen LogP contribution is -2.35. The molecule has 3 N–H and O–H groups in total. The first-order valence-electron chi connectivity index (χ1n) is 6.02. The number of nitrogens with two attached hydrogens (primary N) is 1. The molecule has 2 rings (SSSR count). The van der Waals surface area contributed by atoms with Gasteiger partial charge in [-0.3, -0.25) is 4.79 Å². The lowest BCUT2D eigenvalue weighted by atomic mass is 9.89. The van der Waals surface area contributed by atoms with Crippen LogP contribution in [0, 0.1) is 11.8 Å². The fourth-order valence-corrected chi connectivity index (χ4v) is 2.31. The SMILES string of the molecule is CC1COCCC1C(=O)Nc1cccc(N)c1Cl. The number of nitrogen functional groups attached to an aromatic ring is 1. The van der Waals surface area contributed by atoms with E-state index < -0.39 is 0 Å². The van der Waals surface area contributed by atoms with E-state index in [1.54, 1.807) is 18.2 Å². The first-order chi connectivity index (χ1) is 8.59. The maximum atomic E-state index is 12.2. The molecular weight excluding hydrogens is 252 g/mol. The van der Waals surface area contributed by atoms with Crippen molar-refractivity contribution < 1.29 is 9.53 Å². The van der Waals surface area contributed by atoms with E-state index in [2.05, 4.69) is 5.32 Å². The number of hydrogen-bond acceptors (Lipinski definition) is 3. The highest BCUT2D eigenvalue weighted by Crippen LogP contribution is 2.29. The maximum Gasteiger partial charge on any atom is 0.227 e. The second-order valence-corrected chi connectivity index (χ2v) is 5.02. The summed E-state index contributed by atoms with van der Waals surface area (Å²) in [6, 6.07) is 5.22. The lowest BCUT2D eigenvalue weighted by Gasteiger charge is -2.27. The van der Waals surface area contributed by atoms with Crippen LogP contribution in [0.15, 0.2) is 18.2 Å². The zero-order valence-electron chi connectivity index (χ0n) is 10.3. The van der Waals surface area contributed by atoms with Crippen LogP contribution in [-0.4, -0.2) is 19.1 Å². The summed E-state index contributed by atoms with van der Waals surface area (Å²) in [7, 11) is 0. The summed E-state index contributed by atoms with van der Waals surface area (Å²) < 4.78 is 5.33. The number of rotatable bonds is 2. The Morgan fingerprint density at radius 3 is 3.06 bits per heavy atom. The molecule has 0 spiro atoms. The summed E-state index contributed by atoms with van der Waals surface area (Å²) in [6.07, 6.45) is 0.743. The summed E-state index contributed by atoms with van der Waals surface area (Å²) in [5, 5.41) is 3.24. The second-order valence-electron chi connectivity index (χ2n) is 4.65. The highest BCUT2D eigenvalue weighted by atomic mass is 35.5. The van der Waals surface area contributed by atoms with Gasteiger partial charge in [-0.05, 0) is 24.5 Å². The van der Waals surface area contributed by atoms with Crippen molar-refractivity contribution in [1.82, 2.24) is 0 Å². The van der Waals surface area contributed by atoms with E-state index in [0.717, 1.165) is 6.42 Å². The van der Waals surface area contributed by atoms with Crippen molar-refractivity contribution in [3.05, 3.63) is 23.2 Å². The van der Waals surface area contributed by atoms with E-state index in [1.165, 1.54) is 0 Å². The molecule has 5 heteroatoms. The molecule has 0 saturated carbocycles.